The molecule has 0 aromatic heterocycles. The van der Waals surface area contributed by atoms with Crippen LogP contribution in [0.3, 0.4) is 0 Å². The van der Waals surface area contributed by atoms with Gasteiger partial charge in [-0.05, 0) is 19.8 Å². The molecule has 1 aromatic carbocycles. The molecule has 0 saturated carbocycles. The summed E-state index contributed by atoms with van der Waals surface area (Å²) >= 11 is 0. The number of hydrogen-bond donors (Lipinski definition) is 2. The first-order valence-corrected chi connectivity index (χ1v) is 8.81. The second kappa shape index (κ2) is 10.5. The molecule has 0 atom stereocenters. The second-order valence-electron chi connectivity index (χ2n) is 5.80. The molecule has 0 aliphatic heterocycles. The summed E-state index contributed by atoms with van der Waals surface area (Å²) < 4.78 is 16.3. The zero-order valence-corrected chi connectivity index (χ0v) is 15.4. The van der Waals surface area contributed by atoms with Crippen molar-refractivity contribution in [2.24, 2.45) is 4.99 Å². The molecule has 0 amide bonds. The van der Waals surface area contributed by atoms with Crippen LogP contribution >= 0.6 is 0 Å². The Balaban J connectivity index is 1.76. The van der Waals surface area contributed by atoms with Gasteiger partial charge in [0.25, 0.3) is 0 Å². The number of ether oxygens (including phenoxy) is 3. The maximum absolute atomic E-state index is 5.79. The first-order chi connectivity index (χ1) is 12.2. The fraction of sp³-hybridized carbons (Fsp3) is 0.526. The molecular formula is C19H29N3O3. The molecule has 0 heterocycles. The van der Waals surface area contributed by atoms with Crippen LogP contribution in [-0.2, 0) is 0 Å². The van der Waals surface area contributed by atoms with Crippen molar-refractivity contribution in [1.29, 1.82) is 0 Å². The molecule has 6 nitrogen and oxygen atoms in total. The van der Waals surface area contributed by atoms with E-state index in [-0.39, 0.29) is 0 Å². The zero-order chi connectivity index (χ0) is 17.9. The van der Waals surface area contributed by atoms with Crippen molar-refractivity contribution < 1.29 is 14.2 Å². The van der Waals surface area contributed by atoms with E-state index in [1.807, 2.05) is 18.2 Å². The van der Waals surface area contributed by atoms with Gasteiger partial charge >= 0.3 is 0 Å². The Bertz CT molecular complexity index is 557. The van der Waals surface area contributed by atoms with Gasteiger partial charge in [0.15, 0.2) is 5.96 Å². The number of benzene rings is 1. The van der Waals surface area contributed by atoms with Crippen molar-refractivity contribution in [2.45, 2.75) is 32.2 Å². The summed E-state index contributed by atoms with van der Waals surface area (Å²) in [4.78, 5) is 4.61. The van der Waals surface area contributed by atoms with Crippen LogP contribution < -0.4 is 24.8 Å². The second-order valence-corrected chi connectivity index (χ2v) is 5.80. The maximum Gasteiger partial charge on any atom is 0.191 e. The van der Waals surface area contributed by atoms with E-state index < -0.39 is 0 Å². The molecule has 138 valence electrons. The van der Waals surface area contributed by atoms with Crippen molar-refractivity contribution in [1.82, 2.24) is 10.6 Å². The van der Waals surface area contributed by atoms with Crippen LogP contribution in [0.25, 0.3) is 0 Å². The summed E-state index contributed by atoms with van der Waals surface area (Å²) in [6.07, 6.45) is 7.37. The van der Waals surface area contributed by atoms with E-state index >= 15 is 0 Å². The Morgan fingerprint density at radius 3 is 2.32 bits per heavy atom. The van der Waals surface area contributed by atoms with Crippen molar-refractivity contribution >= 4 is 5.96 Å². The van der Waals surface area contributed by atoms with Gasteiger partial charge in [0, 0.05) is 43.8 Å². The minimum atomic E-state index is 0.457. The standard InChI is InChI=1S/C19H29N3O3/c1-4-20-19(22-15-8-5-6-9-15)21-10-7-11-25-18-13-16(23-2)12-17(14-18)24-3/h5-6,12-15H,4,7-11H2,1-3H3,(H2,20,21,22). The number of rotatable bonds is 9. The number of guanidine groups is 1. The van der Waals surface area contributed by atoms with Gasteiger partial charge in [-0.1, -0.05) is 12.2 Å². The molecule has 0 spiro atoms. The van der Waals surface area contributed by atoms with Gasteiger partial charge in [0.1, 0.15) is 17.2 Å². The van der Waals surface area contributed by atoms with E-state index in [1.54, 1.807) is 14.2 Å². The van der Waals surface area contributed by atoms with Gasteiger partial charge in [-0.15, -0.1) is 0 Å². The van der Waals surface area contributed by atoms with Crippen LogP contribution in [0.1, 0.15) is 26.2 Å². The van der Waals surface area contributed by atoms with Crippen molar-refractivity contribution in [3.8, 4) is 17.2 Å². The Morgan fingerprint density at radius 2 is 1.72 bits per heavy atom. The average molecular weight is 347 g/mol. The molecule has 1 aromatic rings. The molecule has 2 N–H and O–H groups in total. The number of hydrogen-bond acceptors (Lipinski definition) is 4. The van der Waals surface area contributed by atoms with Gasteiger partial charge in [-0.3, -0.25) is 4.99 Å². The minimum absolute atomic E-state index is 0.457. The third-order valence-corrected chi connectivity index (χ3v) is 3.86. The highest BCUT2D eigenvalue weighted by molar-refractivity contribution is 5.80. The van der Waals surface area contributed by atoms with Crippen LogP contribution in [-0.4, -0.2) is 45.9 Å². The SMILES string of the molecule is CCNC(=NCCCOc1cc(OC)cc(OC)c1)NC1CC=CC1. The number of methoxy groups -OCH3 is 2. The molecule has 0 saturated heterocycles. The van der Waals surface area contributed by atoms with E-state index in [9.17, 15) is 0 Å². The predicted octanol–water partition coefficient (Wildman–Crippen LogP) is 2.75. The zero-order valence-electron chi connectivity index (χ0n) is 15.4. The van der Waals surface area contributed by atoms with Crippen molar-refractivity contribution in [2.75, 3.05) is 33.9 Å². The van der Waals surface area contributed by atoms with E-state index in [1.165, 1.54) is 0 Å². The lowest BCUT2D eigenvalue weighted by molar-refractivity contribution is 0.307. The first kappa shape index (κ1) is 19.0. The van der Waals surface area contributed by atoms with Crippen LogP contribution in [0.2, 0.25) is 0 Å². The Kier molecular flexibility index (Phi) is 7.95. The largest absolute Gasteiger partial charge is 0.496 e. The van der Waals surface area contributed by atoms with Crippen LogP contribution in [0.5, 0.6) is 17.2 Å². The molecule has 25 heavy (non-hydrogen) atoms. The van der Waals surface area contributed by atoms with Gasteiger partial charge in [-0.25, -0.2) is 0 Å². The summed E-state index contributed by atoms with van der Waals surface area (Å²) in [6.45, 7) is 4.22. The van der Waals surface area contributed by atoms with Crippen LogP contribution in [0, 0.1) is 0 Å². The summed E-state index contributed by atoms with van der Waals surface area (Å²) in [5, 5.41) is 6.74. The third-order valence-electron chi connectivity index (χ3n) is 3.86. The lowest BCUT2D eigenvalue weighted by atomic mass is 10.2. The summed E-state index contributed by atoms with van der Waals surface area (Å²) in [5.74, 6) is 3.05. The average Bonchev–Trinajstić information content (AvgIpc) is 3.14. The molecule has 2 rings (SSSR count). The summed E-state index contributed by atoms with van der Waals surface area (Å²) in [5.41, 5.74) is 0. The lowest BCUT2D eigenvalue weighted by Crippen LogP contribution is -2.42. The molecular weight excluding hydrogens is 318 g/mol. The van der Waals surface area contributed by atoms with Crippen LogP contribution in [0.4, 0.5) is 0 Å². The molecule has 0 radical (unpaired) electrons. The number of aliphatic imine (C=N–C) groups is 1. The van der Waals surface area contributed by atoms with E-state index in [0.29, 0.717) is 19.2 Å². The quantitative estimate of drug-likeness (QED) is 0.311. The molecule has 1 aliphatic rings. The monoisotopic (exact) mass is 347 g/mol. The third kappa shape index (κ3) is 6.57. The van der Waals surface area contributed by atoms with Crippen molar-refractivity contribution in [3.05, 3.63) is 30.4 Å². The molecule has 0 unspecified atom stereocenters. The first-order valence-electron chi connectivity index (χ1n) is 8.81. The topological polar surface area (TPSA) is 64.1 Å². The lowest BCUT2D eigenvalue weighted by Gasteiger charge is -2.16. The van der Waals surface area contributed by atoms with Gasteiger partial charge in [0.05, 0.1) is 20.8 Å². The van der Waals surface area contributed by atoms with Crippen molar-refractivity contribution in [3.63, 3.8) is 0 Å². The highest BCUT2D eigenvalue weighted by Gasteiger charge is 2.11. The molecule has 6 heteroatoms. The smallest absolute Gasteiger partial charge is 0.191 e. The number of nitrogens with one attached hydrogen (secondary N) is 2. The Labute approximate surface area is 150 Å². The molecule has 0 fully saturated rings. The Hall–Kier alpha value is -2.37. The fourth-order valence-corrected chi connectivity index (χ4v) is 2.56. The maximum atomic E-state index is 5.79. The highest BCUT2D eigenvalue weighted by atomic mass is 16.5. The Morgan fingerprint density at radius 1 is 1.08 bits per heavy atom. The fourth-order valence-electron chi connectivity index (χ4n) is 2.56. The normalized spacial score (nSPS) is 14.4. The summed E-state index contributed by atoms with van der Waals surface area (Å²) in [6, 6.07) is 5.98. The number of nitrogens with zero attached hydrogens (tertiary/aromatic N) is 1. The van der Waals surface area contributed by atoms with E-state index in [0.717, 1.165) is 49.0 Å². The van der Waals surface area contributed by atoms with E-state index in [2.05, 4.69) is 34.7 Å². The van der Waals surface area contributed by atoms with Gasteiger partial charge < -0.3 is 24.8 Å². The van der Waals surface area contributed by atoms with E-state index in [4.69, 9.17) is 14.2 Å². The summed E-state index contributed by atoms with van der Waals surface area (Å²) in [7, 11) is 3.25. The predicted molar refractivity (Wildman–Crippen MR) is 101 cm³/mol. The van der Waals surface area contributed by atoms with Crippen LogP contribution in [0.15, 0.2) is 35.3 Å². The molecule has 0 bridgehead atoms. The molecule has 1 aliphatic carbocycles. The van der Waals surface area contributed by atoms with Gasteiger partial charge in [0.2, 0.25) is 0 Å². The minimum Gasteiger partial charge on any atom is -0.496 e. The highest BCUT2D eigenvalue weighted by Crippen LogP contribution is 2.27. The van der Waals surface area contributed by atoms with Gasteiger partial charge in [-0.2, -0.15) is 0 Å².